The largest absolute Gasteiger partial charge is 0.273 e. The van der Waals surface area contributed by atoms with Crippen molar-refractivity contribution in [2.24, 2.45) is 0 Å². The first-order chi connectivity index (χ1) is 4.74. The Hall–Kier alpha value is -1.19. The molecule has 0 spiro atoms. The fraction of sp³-hybridized carbons (Fsp3) is 0.500. The van der Waals surface area contributed by atoms with Crippen LogP contribution < -0.4 is 0 Å². The zero-order chi connectivity index (χ0) is 7.56. The van der Waals surface area contributed by atoms with E-state index in [1.54, 1.807) is 20.0 Å². The van der Waals surface area contributed by atoms with Gasteiger partial charge in [0.2, 0.25) is 5.91 Å². The summed E-state index contributed by atoms with van der Waals surface area (Å²) in [6.45, 7) is 3.59. The van der Waals surface area contributed by atoms with Gasteiger partial charge in [0.25, 0.3) is 0 Å². The molecule has 1 rings (SSSR count). The van der Waals surface area contributed by atoms with Gasteiger partial charge in [-0.1, -0.05) is 12.1 Å². The highest BCUT2D eigenvalue weighted by molar-refractivity contribution is 5.77. The van der Waals surface area contributed by atoms with E-state index in [9.17, 15) is 4.79 Å². The lowest BCUT2D eigenvalue weighted by Crippen LogP contribution is -2.09. The maximum Gasteiger partial charge on any atom is 0.247 e. The number of carbonyl (C=O) groups excluding carboxylic acids is 1. The molecule has 0 aliphatic carbocycles. The average Bonchev–Trinajstić information content (AvgIpc) is 2.34. The van der Waals surface area contributed by atoms with Gasteiger partial charge in [0, 0.05) is 6.42 Å². The van der Waals surface area contributed by atoms with Crippen LogP contribution >= 0.6 is 0 Å². The van der Waals surface area contributed by atoms with E-state index in [2.05, 4.69) is 10.3 Å². The second-order valence-corrected chi connectivity index (χ2v) is 2.05. The van der Waals surface area contributed by atoms with E-state index in [0.717, 1.165) is 5.69 Å². The highest BCUT2D eigenvalue weighted by Gasteiger charge is 2.01. The Morgan fingerprint density at radius 2 is 2.50 bits per heavy atom. The second-order valence-electron chi connectivity index (χ2n) is 2.05. The molecule has 0 saturated heterocycles. The molecule has 0 amide bonds. The van der Waals surface area contributed by atoms with Crippen LogP contribution in [0.1, 0.15) is 23.8 Å². The molecular formula is C6H9N3O. The third-order valence-corrected chi connectivity index (χ3v) is 1.17. The van der Waals surface area contributed by atoms with Gasteiger partial charge < -0.3 is 0 Å². The fourth-order valence-electron chi connectivity index (χ4n) is 0.631. The van der Waals surface area contributed by atoms with Crippen molar-refractivity contribution in [2.45, 2.75) is 20.3 Å². The molecule has 0 fully saturated rings. The van der Waals surface area contributed by atoms with Crippen molar-refractivity contribution in [1.29, 1.82) is 0 Å². The van der Waals surface area contributed by atoms with E-state index in [1.807, 2.05) is 0 Å². The van der Waals surface area contributed by atoms with Gasteiger partial charge >= 0.3 is 0 Å². The number of hydrogen-bond acceptors (Lipinski definition) is 3. The third-order valence-electron chi connectivity index (χ3n) is 1.17. The minimum Gasteiger partial charge on any atom is -0.273 e. The monoisotopic (exact) mass is 139 g/mol. The molecule has 0 aliphatic heterocycles. The quantitative estimate of drug-likeness (QED) is 0.573. The van der Waals surface area contributed by atoms with Crippen molar-refractivity contribution in [1.82, 2.24) is 15.0 Å². The maximum absolute atomic E-state index is 10.9. The lowest BCUT2D eigenvalue weighted by atomic mass is 10.4. The lowest BCUT2D eigenvalue weighted by Gasteiger charge is -1.90. The van der Waals surface area contributed by atoms with Crippen LogP contribution in [0.25, 0.3) is 0 Å². The molecular weight excluding hydrogens is 130 g/mol. The van der Waals surface area contributed by atoms with Crippen LogP contribution in [0.2, 0.25) is 0 Å². The molecule has 1 aromatic heterocycles. The topological polar surface area (TPSA) is 47.8 Å². The van der Waals surface area contributed by atoms with Gasteiger partial charge in [-0.15, -0.1) is 5.10 Å². The van der Waals surface area contributed by atoms with Gasteiger partial charge in [-0.3, -0.25) is 4.79 Å². The molecule has 0 N–H and O–H groups in total. The van der Waals surface area contributed by atoms with Crippen LogP contribution in [0.3, 0.4) is 0 Å². The van der Waals surface area contributed by atoms with Crippen molar-refractivity contribution >= 4 is 5.91 Å². The minimum atomic E-state index is -0.0272. The number of rotatable bonds is 1. The molecule has 0 aliphatic rings. The molecule has 10 heavy (non-hydrogen) atoms. The molecule has 0 radical (unpaired) electrons. The zero-order valence-electron chi connectivity index (χ0n) is 6.03. The zero-order valence-corrected chi connectivity index (χ0v) is 6.03. The number of aryl methyl sites for hydroxylation is 1. The van der Waals surface area contributed by atoms with Crippen LogP contribution in [-0.2, 0) is 0 Å². The summed E-state index contributed by atoms with van der Waals surface area (Å²) in [6, 6.07) is 0. The third kappa shape index (κ3) is 1.21. The Morgan fingerprint density at radius 3 is 2.90 bits per heavy atom. The average molecular weight is 139 g/mol. The van der Waals surface area contributed by atoms with E-state index < -0.39 is 0 Å². The number of aromatic nitrogens is 3. The summed E-state index contributed by atoms with van der Waals surface area (Å²) in [6.07, 6.45) is 2.08. The van der Waals surface area contributed by atoms with Gasteiger partial charge in [-0.05, 0) is 6.92 Å². The molecule has 4 heteroatoms. The summed E-state index contributed by atoms with van der Waals surface area (Å²) in [5.74, 6) is -0.0272. The number of nitrogens with zero attached hydrogens (tertiary/aromatic N) is 3. The fourth-order valence-corrected chi connectivity index (χ4v) is 0.631. The van der Waals surface area contributed by atoms with Crippen LogP contribution in [0, 0.1) is 6.92 Å². The van der Waals surface area contributed by atoms with Crippen molar-refractivity contribution in [3.63, 3.8) is 0 Å². The van der Waals surface area contributed by atoms with Crippen molar-refractivity contribution in [3.05, 3.63) is 11.9 Å². The summed E-state index contributed by atoms with van der Waals surface area (Å²) in [5, 5.41) is 7.28. The highest BCUT2D eigenvalue weighted by Crippen LogP contribution is 1.90. The summed E-state index contributed by atoms with van der Waals surface area (Å²) < 4.78 is 1.26. The molecule has 4 nitrogen and oxygen atoms in total. The summed E-state index contributed by atoms with van der Waals surface area (Å²) in [7, 11) is 0. The van der Waals surface area contributed by atoms with E-state index in [-0.39, 0.29) is 5.91 Å². The maximum atomic E-state index is 10.9. The smallest absolute Gasteiger partial charge is 0.247 e. The van der Waals surface area contributed by atoms with E-state index in [0.29, 0.717) is 6.42 Å². The summed E-state index contributed by atoms with van der Waals surface area (Å²) in [4.78, 5) is 10.9. The van der Waals surface area contributed by atoms with Gasteiger partial charge in [0.05, 0.1) is 11.9 Å². The first-order valence-corrected chi connectivity index (χ1v) is 3.16. The summed E-state index contributed by atoms with van der Waals surface area (Å²) in [5.41, 5.74) is 0.766. The normalized spacial score (nSPS) is 9.80. The molecule has 0 atom stereocenters. The molecule has 1 aromatic rings. The first kappa shape index (κ1) is 6.92. The molecule has 1 heterocycles. The number of carbonyl (C=O) groups is 1. The van der Waals surface area contributed by atoms with Crippen LogP contribution in [-0.4, -0.2) is 20.9 Å². The minimum absolute atomic E-state index is 0.0272. The van der Waals surface area contributed by atoms with Gasteiger partial charge in [-0.25, -0.2) is 0 Å². The second kappa shape index (κ2) is 2.60. The SMILES string of the molecule is CCC(=O)n1cc(C)nn1. The molecule has 54 valence electrons. The predicted molar refractivity (Wildman–Crippen MR) is 35.7 cm³/mol. The van der Waals surface area contributed by atoms with Crippen molar-refractivity contribution < 1.29 is 4.79 Å². The molecule has 0 saturated carbocycles. The Morgan fingerprint density at radius 1 is 1.80 bits per heavy atom. The van der Waals surface area contributed by atoms with E-state index in [1.165, 1.54) is 4.68 Å². The van der Waals surface area contributed by atoms with E-state index >= 15 is 0 Å². The van der Waals surface area contributed by atoms with Crippen LogP contribution in [0.5, 0.6) is 0 Å². The standard InChI is InChI=1S/C6H9N3O/c1-3-6(10)9-4-5(2)7-8-9/h4H,3H2,1-2H3. The van der Waals surface area contributed by atoms with Crippen molar-refractivity contribution in [3.8, 4) is 0 Å². The Labute approximate surface area is 58.8 Å². The highest BCUT2D eigenvalue weighted by atomic mass is 16.2. The predicted octanol–water partition coefficient (Wildman–Crippen LogP) is 0.637. The number of hydrogen-bond donors (Lipinski definition) is 0. The van der Waals surface area contributed by atoms with Gasteiger partial charge in [-0.2, -0.15) is 4.68 Å². The first-order valence-electron chi connectivity index (χ1n) is 3.16. The van der Waals surface area contributed by atoms with Crippen molar-refractivity contribution in [2.75, 3.05) is 0 Å². The van der Waals surface area contributed by atoms with Crippen LogP contribution in [0.4, 0.5) is 0 Å². The molecule has 0 bridgehead atoms. The van der Waals surface area contributed by atoms with E-state index in [4.69, 9.17) is 0 Å². The lowest BCUT2D eigenvalue weighted by molar-refractivity contribution is 0.0890. The van der Waals surface area contributed by atoms with Gasteiger partial charge in [0.1, 0.15) is 0 Å². The Bertz CT molecular complexity index is 241. The molecule has 0 unspecified atom stereocenters. The van der Waals surface area contributed by atoms with Gasteiger partial charge in [0.15, 0.2) is 0 Å². The molecule has 0 aromatic carbocycles. The van der Waals surface area contributed by atoms with Crippen LogP contribution in [0.15, 0.2) is 6.20 Å². The Kier molecular flexibility index (Phi) is 1.80. The Balaban J connectivity index is 2.85. The summed E-state index contributed by atoms with van der Waals surface area (Å²) >= 11 is 0.